The summed E-state index contributed by atoms with van der Waals surface area (Å²) in [6.45, 7) is 3.91. The molecule has 2 rings (SSSR count). The van der Waals surface area contributed by atoms with Gasteiger partial charge in [-0.05, 0) is 55.3 Å². The second-order valence-corrected chi connectivity index (χ2v) is 4.80. The zero-order valence-corrected chi connectivity index (χ0v) is 11.9. The molecule has 0 aliphatic heterocycles. The molecule has 0 radical (unpaired) electrons. The third kappa shape index (κ3) is 3.51. The van der Waals surface area contributed by atoms with Crippen LogP contribution in [0.3, 0.4) is 0 Å². The molecule has 4 N–H and O–H groups in total. The largest absolute Gasteiger partial charge is 0.397 e. The fraction of sp³-hybridized carbons (Fsp3) is 0.125. The smallest absolute Gasteiger partial charge is 0.323 e. The number of rotatable bonds is 2. The van der Waals surface area contributed by atoms with E-state index in [-0.39, 0.29) is 0 Å². The summed E-state index contributed by atoms with van der Waals surface area (Å²) in [5, 5.41) is 14.2. The topological polar surface area (TPSA) is 90.9 Å². The van der Waals surface area contributed by atoms with Crippen LogP contribution in [0.2, 0.25) is 0 Å². The van der Waals surface area contributed by atoms with Gasteiger partial charge in [0.1, 0.15) is 0 Å². The van der Waals surface area contributed by atoms with E-state index in [9.17, 15) is 4.79 Å². The quantitative estimate of drug-likeness (QED) is 0.736. The number of urea groups is 1. The van der Waals surface area contributed by atoms with Gasteiger partial charge in [-0.15, -0.1) is 0 Å². The molecule has 2 aromatic rings. The van der Waals surface area contributed by atoms with Crippen molar-refractivity contribution in [3.8, 4) is 6.07 Å². The van der Waals surface area contributed by atoms with Crippen LogP contribution in [-0.2, 0) is 0 Å². The number of hydrogen-bond donors (Lipinski definition) is 3. The maximum atomic E-state index is 12.0. The van der Waals surface area contributed by atoms with E-state index in [1.165, 1.54) is 0 Å². The van der Waals surface area contributed by atoms with Gasteiger partial charge in [0.05, 0.1) is 23.0 Å². The number of nitrogens with two attached hydrogens (primary N) is 1. The van der Waals surface area contributed by atoms with Crippen molar-refractivity contribution in [1.82, 2.24) is 0 Å². The summed E-state index contributed by atoms with van der Waals surface area (Å²) in [4.78, 5) is 12.0. The third-order valence-corrected chi connectivity index (χ3v) is 3.16. The van der Waals surface area contributed by atoms with Crippen molar-refractivity contribution >= 4 is 23.1 Å². The molecule has 21 heavy (non-hydrogen) atoms. The van der Waals surface area contributed by atoms with Crippen LogP contribution in [0.15, 0.2) is 36.4 Å². The highest BCUT2D eigenvalue weighted by molar-refractivity contribution is 6.01. The number of nitrogens with zero attached hydrogens (tertiary/aromatic N) is 1. The first-order valence-corrected chi connectivity index (χ1v) is 6.44. The van der Waals surface area contributed by atoms with Gasteiger partial charge in [-0.2, -0.15) is 5.26 Å². The molecule has 2 amide bonds. The lowest BCUT2D eigenvalue weighted by molar-refractivity contribution is 0.262. The molecule has 0 saturated heterocycles. The van der Waals surface area contributed by atoms with Gasteiger partial charge in [-0.3, -0.25) is 0 Å². The molecule has 106 valence electrons. The summed E-state index contributed by atoms with van der Waals surface area (Å²) < 4.78 is 0. The summed E-state index contributed by atoms with van der Waals surface area (Å²) in [7, 11) is 0. The molecule has 5 heteroatoms. The number of nitrogens with one attached hydrogen (secondary N) is 2. The summed E-state index contributed by atoms with van der Waals surface area (Å²) in [5.74, 6) is 0. The van der Waals surface area contributed by atoms with E-state index in [2.05, 4.69) is 10.6 Å². The molecule has 0 fully saturated rings. The molecule has 5 nitrogen and oxygen atoms in total. The Kier molecular flexibility index (Phi) is 4.10. The highest BCUT2D eigenvalue weighted by Crippen LogP contribution is 2.23. The molecule has 0 heterocycles. The minimum Gasteiger partial charge on any atom is -0.397 e. The molecule has 0 aromatic heterocycles. The van der Waals surface area contributed by atoms with E-state index >= 15 is 0 Å². The molecule has 0 bridgehead atoms. The fourth-order valence-electron chi connectivity index (χ4n) is 1.90. The van der Waals surface area contributed by atoms with Crippen LogP contribution < -0.4 is 16.4 Å². The zero-order chi connectivity index (χ0) is 15.4. The molecule has 0 unspecified atom stereocenters. The molecular weight excluding hydrogens is 264 g/mol. The van der Waals surface area contributed by atoms with Crippen molar-refractivity contribution in [2.75, 3.05) is 16.4 Å². The van der Waals surface area contributed by atoms with Crippen molar-refractivity contribution < 1.29 is 4.79 Å². The molecule has 0 aliphatic rings. The standard InChI is InChI=1S/C16H16N4O/c1-10-6-14(18)15(7-11(10)2)20-16(21)19-13-5-3-4-12(8-13)9-17/h3-8H,18H2,1-2H3,(H2,19,20,21). The van der Waals surface area contributed by atoms with Crippen molar-refractivity contribution in [3.05, 3.63) is 53.1 Å². The first-order valence-electron chi connectivity index (χ1n) is 6.44. The molecule has 2 aromatic carbocycles. The van der Waals surface area contributed by atoms with E-state index in [0.29, 0.717) is 22.6 Å². The van der Waals surface area contributed by atoms with E-state index in [0.717, 1.165) is 11.1 Å². The Morgan fingerprint density at radius 2 is 1.86 bits per heavy atom. The van der Waals surface area contributed by atoms with Crippen LogP contribution in [0.5, 0.6) is 0 Å². The van der Waals surface area contributed by atoms with Gasteiger partial charge in [-0.1, -0.05) is 6.07 Å². The first kappa shape index (κ1) is 14.4. The summed E-state index contributed by atoms with van der Waals surface area (Å²) in [5.41, 5.74) is 10.1. The van der Waals surface area contributed by atoms with Crippen molar-refractivity contribution in [3.63, 3.8) is 0 Å². The lowest BCUT2D eigenvalue weighted by atomic mass is 10.1. The van der Waals surface area contributed by atoms with Gasteiger partial charge in [0.2, 0.25) is 0 Å². The van der Waals surface area contributed by atoms with Crippen LogP contribution in [-0.4, -0.2) is 6.03 Å². The number of hydrogen-bond acceptors (Lipinski definition) is 3. The fourth-order valence-corrected chi connectivity index (χ4v) is 1.90. The lowest BCUT2D eigenvalue weighted by Gasteiger charge is -2.12. The Balaban J connectivity index is 2.12. The highest BCUT2D eigenvalue weighted by Gasteiger charge is 2.07. The van der Waals surface area contributed by atoms with Gasteiger partial charge in [0, 0.05) is 5.69 Å². The average molecular weight is 280 g/mol. The van der Waals surface area contributed by atoms with Crippen molar-refractivity contribution in [1.29, 1.82) is 5.26 Å². The van der Waals surface area contributed by atoms with Crippen LogP contribution in [0.4, 0.5) is 21.9 Å². The third-order valence-electron chi connectivity index (χ3n) is 3.16. The maximum Gasteiger partial charge on any atom is 0.323 e. The lowest BCUT2D eigenvalue weighted by Crippen LogP contribution is -2.20. The Morgan fingerprint density at radius 3 is 2.57 bits per heavy atom. The number of aryl methyl sites for hydroxylation is 2. The van der Waals surface area contributed by atoms with E-state index < -0.39 is 6.03 Å². The molecule has 0 atom stereocenters. The Bertz CT molecular complexity index is 732. The zero-order valence-electron chi connectivity index (χ0n) is 11.9. The van der Waals surface area contributed by atoms with Gasteiger partial charge in [-0.25, -0.2) is 4.79 Å². The predicted octanol–water partition coefficient (Wildman–Crippen LogP) is 3.40. The molecular formula is C16H16N4O. The van der Waals surface area contributed by atoms with Crippen LogP contribution >= 0.6 is 0 Å². The second-order valence-electron chi connectivity index (χ2n) is 4.80. The number of nitriles is 1. The van der Waals surface area contributed by atoms with Crippen LogP contribution in [0.1, 0.15) is 16.7 Å². The summed E-state index contributed by atoms with van der Waals surface area (Å²) in [6.07, 6.45) is 0. The number of carbonyl (C=O) groups excluding carboxylic acids is 1. The van der Waals surface area contributed by atoms with Crippen molar-refractivity contribution in [2.24, 2.45) is 0 Å². The van der Waals surface area contributed by atoms with Gasteiger partial charge in [0.25, 0.3) is 0 Å². The second kappa shape index (κ2) is 5.97. The minimum absolute atomic E-state index is 0.403. The molecule has 0 aliphatic carbocycles. The van der Waals surface area contributed by atoms with Gasteiger partial charge >= 0.3 is 6.03 Å². The number of carbonyl (C=O) groups is 1. The number of amides is 2. The number of benzene rings is 2. The molecule has 0 spiro atoms. The van der Waals surface area contributed by atoms with Crippen LogP contribution in [0, 0.1) is 25.2 Å². The molecule has 0 saturated carbocycles. The number of anilines is 3. The highest BCUT2D eigenvalue weighted by atomic mass is 16.2. The monoisotopic (exact) mass is 280 g/mol. The van der Waals surface area contributed by atoms with Gasteiger partial charge < -0.3 is 16.4 Å². The van der Waals surface area contributed by atoms with Crippen LogP contribution in [0.25, 0.3) is 0 Å². The van der Waals surface area contributed by atoms with Crippen molar-refractivity contribution in [2.45, 2.75) is 13.8 Å². The normalized spacial score (nSPS) is 9.76. The van der Waals surface area contributed by atoms with E-state index in [4.69, 9.17) is 11.0 Å². The van der Waals surface area contributed by atoms with Gasteiger partial charge in [0.15, 0.2) is 0 Å². The summed E-state index contributed by atoms with van der Waals surface area (Å²) in [6, 6.07) is 12.0. The maximum absolute atomic E-state index is 12.0. The average Bonchev–Trinajstić information content (AvgIpc) is 2.45. The summed E-state index contributed by atoms with van der Waals surface area (Å²) >= 11 is 0. The van der Waals surface area contributed by atoms with E-state index in [1.54, 1.807) is 24.3 Å². The first-order chi connectivity index (χ1) is 9.99. The minimum atomic E-state index is -0.403. The Morgan fingerprint density at radius 1 is 1.14 bits per heavy atom. The Hall–Kier alpha value is -3.00. The number of nitrogen functional groups attached to an aromatic ring is 1. The Labute approximate surface area is 123 Å². The SMILES string of the molecule is Cc1cc(N)c(NC(=O)Nc2cccc(C#N)c2)cc1C. The van der Waals surface area contributed by atoms with E-state index in [1.807, 2.05) is 32.0 Å². The predicted molar refractivity (Wildman–Crippen MR) is 84.1 cm³/mol.